The average molecular weight is 668 g/mol. The number of halogens is 1. The van der Waals surface area contributed by atoms with E-state index in [1.54, 1.807) is 18.1 Å². The van der Waals surface area contributed by atoms with Crippen molar-refractivity contribution >= 4 is 69.1 Å². The van der Waals surface area contributed by atoms with Gasteiger partial charge in [0.25, 0.3) is 0 Å². The van der Waals surface area contributed by atoms with Crippen LogP contribution < -0.4 is 25.3 Å². The Hall–Kier alpha value is -4.71. The number of anilines is 5. The molecule has 2 saturated heterocycles. The maximum Gasteiger partial charge on any atom is 0.235 e. The highest BCUT2D eigenvalue weighted by Gasteiger charge is 2.48. The molecule has 0 radical (unpaired) electrons. The van der Waals surface area contributed by atoms with E-state index in [1.165, 1.54) is 6.42 Å². The summed E-state index contributed by atoms with van der Waals surface area (Å²) in [5.41, 5.74) is 5.65. The zero-order valence-electron chi connectivity index (χ0n) is 27.3. The largest absolute Gasteiger partial charge is 0.366 e. The van der Waals surface area contributed by atoms with Gasteiger partial charge in [-0.2, -0.15) is 10.1 Å². The molecule has 0 bridgehead atoms. The molecule has 4 aliphatic rings. The van der Waals surface area contributed by atoms with Crippen molar-refractivity contribution in [3.05, 3.63) is 58.9 Å². The summed E-state index contributed by atoms with van der Waals surface area (Å²) >= 11 is 6.56. The molecule has 5 heterocycles. The number of amides is 3. The third-order valence-electron chi connectivity index (χ3n) is 10.9. The van der Waals surface area contributed by atoms with E-state index < -0.39 is 5.92 Å². The number of hydrogen-bond donors (Lipinski definition) is 2. The van der Waals surface area contributed by atoms with E-state index in [2.05, 4.69) is 50.7 Å². The number of piperidine rings is 2. The highest BCUT2D eigenvalue weighted by atomic mass is 35.5. The lowest BCUT2D eigenvalue weighted by molar-refractivity contribution is -0.134. The minimum absolute atomic E-state index is 0.0401. The molecule has 2 aromatic carbocycles. The number of benzene rings is 2. The van der Waals surface area contributed by atoms with Gasteiger partial charge >= 0.3 is 0 Å². The highest BCUT2D eigenvalue weighted by molar-refractivity contribution is 6.33. The Labute approximate surface area is 283 Å². The molecule has 248 valence electrons. The SMILES string of the molecule is CN1C(=O)Cc2cc(Nc3nc(N(C)C4CCN(c5ccc6c(C7CCC(=O)NC7=O)nn(C)c6c5)C5(CCC5)C4)ncc3Cl)ccc21. The summed E-state index contributed by atoms with van der Waals surface area (Å²) in [6, 6.07) is 12.6. The predicted molar refractivity (Wildman–Crippen MR) is 185 cm³/mol. The molecular formula is C35H38ClN9O3. The quantitative estimate of drug-likeness (QED) is 0.278. The van der Waals surface area contributed by atoms with Crippen LogP contribution in [0.15, 0.2) is 42.6 Å². The van der Waals surface area contributed by atoms with Crippen molar-refractivity contribution in [3.8, 4) is 0 Å². The summed E-state index contributed by atoms with van der Waals surface area (Å²) in [5, 5.41) is 12.0. The zero-order chi connectivity index (χ0) is 33.3. The van der Waals surface area contributed by atoms with Crippen LogP contribution in [0.5, 0.6) is 0 Å². The molecule has 2 atom stereocenters. The molecule has 13 heteroatoms. The Kier molecular flexibility index (Phi) is 7.31. The van der Waals surface area contributed by atoms with Gasteiger partial charge in [0.2, 0.25) is 23.7 Å². The Bertz CT molecular complexity index is 1990. The first-order chi connectivity index (χ1) is 23.1. The monoisotopic (exact) mass is 667 g/mol. The van der Waals surface area contributed by atoms with E-state index in [1.807, 2.05) is 29.9 Å². The standard InChI is InChI=1S/C35H38ClN9O3/c1-42(34-37-19-26(36)32(40-34)38-21-5-9-27-20(15-21)16-30(47)43(27)2)23-11-14-45(35(18-23)12-4-13-35)22-6-7-24-28(17-22)44(3)41-31(24)25-8-10-29(46)39-33(25)48/h5-7,9,15,17,19,23,25H,4,8,10-14,16,18H2,1-3H3,(H,37,38,40)(H,39,46,48). The second kappa shape index (κ2) is 11.5. The fourth-order valence-electron chi connectivity index (χ4n) is 8.08. The molecule has 3 fully saturated rings. The van der Waals surface area contributed by atoms with Gasteiger partial charge in [-0.25, -0.2) is 4.98 Å². The maximum absolute atomic E-state index is 12.6. The third kappa shape index (κ3) is 5.04. The van der Waals surface area contributed by atoms with Gasteiger partial charge in [0, 0.05) is 68.1 Å². The summed E-state index contributed by atoms with van der Waals surface area (Å²) in [5.74, 6) is 0.315. The van der Waals surface area contributed by atoms with Crippen LogP contribution in [0.4, 0.5) is 28.8 Å². The molecule has 1 saturated carbocycles. The number of imide groups is 1. The molecule has 2 N–H and O–H groups in total. The average Bonchev–Trinajstić information content (AvgIpc) is 3.54. The van der Waals surface area contributed by atoms with Gasteiger partial charge in [-0.15, -0.1) is 0 Å². The van der Waals surface area contributed by atoms with E-state index in [9.17, 15) is 14.4 Å². The molecule has 3 aliphatic heterocycles. The van der Waals surface area contributed by atoms with E-state index in [-0.39, 0.29) is 29.3 Å². The predicted octanol–water partition coefficient (Wildman–Crippen LogP) is 4.83. The van der Waals surface area contributed by atoms with Crippen LogP contribution in [0.3, 0.4) is 0 Å². The first-order valence-electron chi connectivity index (χ1n) is 16.6. The topological polar surface area (TPSA) is 129 Å². The maximum atomic E-state index is 12.6. The van der Waals surface area contributed by atoms with Crippen molar-refractivity contribution < 1.29 is 14.4 Å². The summed E-state index contributed by atoms with van der Waals surface area (Å²) in [4.78, 5) is 52.5. The van der Waals surface area contributed by atoms with Crippen LogP contribution in [0.25, 0.3) is 10.9 Å². The van der Waals surface area contributed by atoms with Gasteiger partial charge < -0.3 is 20.0 Å². The van der Waals surface area contributed by atoms with Crippen molar-refractivity contribution in [3.63, 3.8) is 0 Å². The smallest absolute Gasteiger partial charge is 0.235 e. The molecule has 2 unspecified atom stereocenters. The summed E-state index contributed by atoms with van der Waals surface area (Å²) in [7, 11) is 5.78. The number of rotatable bonds is 6. The van der Waals surface area contributed by atoms with Gasteiger partial charge in [-0.3, -0.25) is 24.4 Å². The molecule has 48 heavy (non-hydrogen) atoms. The van der Waals surface area contributed by atoms with Gasteiger partial charge in [0.05, 0.1) is 29.7 Å². The summed E-state index contributed by atoms with van der Waals surface area (Å²) in [6.45, 7) is 0.888. The molecule has 2 aromatic heterocycles. The Morgan fingerprint density at radius 2 is 1.92 bits per heavy atom. The van der Waals surface area contributed by atoms with Crippen LogP contribution in [0.2, 0.25) is 5.02 Å². The normalized spacial score (nSPS) is 21.8. The molecule has 4 aromatic rings. The molecule has 1 spiro atoms. The van der Waals surface area contributed by atoms with E-state index >= 15 is 0 Å². The van der Waals surface area contributed by atoms with E-state index in [0.29, 0.717) is 36.1 Å². The zero-order valence-corrected chi connectivity index (χ0v) is 28.0. The van der Waals surface area contributed by atoms with Crippen LogP contribution in [0, 0.1) is 0 Å². The molecule has 8 rings (SSSR count). The first kappa shape index (κ1) is 30.6. The molecule has 3 amide bonds. The number of hydrogen-bond acceptors (Lipinski definition) is 9. The van der Waals surface area contributed by atoms with E-state index in [4.69, 9.17) is 21.7 Å². The number of likely N-dealkylation sites (N-methyl/N-ethyl adjacent to an activating group) is 1. The van der Waals surface area contributed by atoms with Crippen molar-refractivity contribution in [1.82, 2.24) is 25.1 Å². The number of nitrogens with zero attached hydrogens (tertiary/aromatic N) is 7. The van der Waals surface area contributed by atoms with Crippen LogP contribution in [-0.4, -0.2) is 69.7 Å². The minimum Gasteiger partial charge on any atom is -0.366 e. The Morgan fingerprint density at radius 1 is 1.08 bits per heavy atom. The Balaban J connectivity index is 1.01. The second-order valence-corrected chi connectivity index (χ2v) is 14.1. The fraction of sp³-hybridized carbons (Fsp3) is 0.429. The lowest BCUT2D eigenvalue weighted by Gasteiger charge is -2.57. The Morgan fingerprint density at radius 3 is 2.69 bits per heavy atom. The molecular weight excluding hydrogens is 630 g/mol. The van der Waals surface area contributed by atoms with Gasteiger partial charge in [0.15, 0.2) is 5.82 Å². The van der Waals surface area contributed by atoms with Crippen LogP contribution in [-0.2, 0) is 27.9 Å². The van der Waals surface area contributed by atoms with Crippen molar-refractivity contribution in [2.45, 2.75) is 68.9 Å². The van der Waals surface area contributed by atoms with Crippen molar-refractivity contribution in [2.75, 3.05) is 40.7 Å². The van der Waals surface area contributed by atoms with Crippen LogP contribution >= 0.6 is 11.6 Å². The summed E-state index contributed by atoms with van der Waals surface area (Å²) in [6.07, 6.45) is 8.17. The van der Waals surface area contributed by atoms with Crippen molar-refractivity contribution in [2.24, 2.45) is 7.05 Å². The van der Waals surface area contributed by atoms with Crippen molar-refractivity contribution in [1.29, 1.82) is 0 Å². The molecule has 12 nitrogen and oxygen atoms in total. The third-order valence-corrected chi connectivity index (χ3v) is 11.2. The lowest BCUT2D eigenvalue weighted by Crippen LogP contribution is -2.62. The summed E-state index contributed by atoms with van der Waals surface area (Å²) < 4.78 is 1.86. The lowest BCUT2D eigenvalue weighted by atomic mass is 9.68. The van der Waals surface area contributed by atoms with Gasteiger partial charge in [0.1, 0.15) is 5.02 Å². The van der Waals surface area contributed by atoms with E-state index in [0.717, 1.165) is 71.5 Å². The van der Waals surface area contributed by atoms with Gasteiger partial charge in [-0.05, 0) is 80.5 Å². The first-order valence-corrected chi connectivity index (χ1v) is 17.0. The van der Waals surface area contributed by atoms with Gasteiger partial charge in [-0.1, -0.05) is 11.6 Å². The number of aromatic nitrogens is 4. The number of carbonyl (C=O) groups excluding carboxylic acids is 3. The number of aryl methyl sites for hydroxylation is 1. The van der Waals surface area contributed by atoms with Crippen LogP contribution in [0.1, 0.15) is 62.1 Å². The minimum atomic E-state index is -0.423. The molecule has 1 aliphatic carbocycles. The number of fused-ring (bicyclic) bond motifs is 2. The fourth-order valence-corrected chi connectivity index (χ4v) is 8.21. The highest BCUT2D eigenvalue weighted by Crippen LogP contribution is 2.48. The second-order valence-electron chi connectivity index (χ2n) is 13.7. The number of nitrogens with one attached hydrogen (secondary N) is 2. The number of carbonyl (C=O) groups is 3.